The van der Waals surface area contributed by atoms with Crippen LogP contribution >= 0.6 is 0 Å². The molecule has 1 aliphatic carbocycles. The first kappa shape index (κ1) is 12.3. The van der Waals surface area contributed by atoms with Gasteiger partial charge < -0.3 is 9.47 Å². The molecule has 0 amide bonds. The van der Waals surface area contributed by atoms with E-state index in [1.165, 1.54) is 0 Å². The molecule has 0 radical (unpaired) electrons. The fourth-order valence-corrected chi connectivity index (χ4v) is 2.41. The summed E-state index contributed by atoms with van der Waals surface area (Å²) in [6, 6.07) is 3.59. The maximum Gasteiger partial charge on any atom is 0.142 e. The molecule has 0 saturated heterocycles. The molecule has 1 atom stereocenters. The lowest BCUT2D eigenvalue weighted by Gasteiger charge is -2.45. The molecule has 1 aliphatic rings. The van der Waals surface area contributed by atoms with Crippen LogP contribution in [0.2, 0.25) is 0 Å². The standard InChI is InChI=1S/C12H19N3O2/c1-16-9-5-3-8-14-10(9)11(15-13)12(17-2)6-4-7-12/h3,5,8,11,15H,4,6-7,13H2,1-2H3. The number of pyridine rings is 1. The Kier molecular flexibility index (Phi) is 3.61. The van der Waals surface area contributed by atoms with Gasteiger partial charge in [-0.2, -0.15) is 0 Å². The van der Waals surface area contributed by atoms with Crippen LogP contribution < -0.4 is 16.0 Å². The Morgan fingerprint density at radius 3 is 2.71 bits per heavy atom. The topological polar surface area (TPSA) is 69.4 Å². The molecule has 5 nitrogen and oxygen atoms in total. The minimum Gasteiger partial charge on any atom is -0.495 e. The Bertz CT molecular complexity index is 374. The van der Waals surface area contributed by atoms with Gasteiger partial charge in [0, 0.05) is 13.3 Å². The SMILES string of the molecule is COc1cccnc1C(NN)C1(OC)CCC1. The fourth-order valence-electron chi connectivity index (χ4n) is 2.41. The third-order valence-corrected chi connectivity index (χ3v) is 3.59. The highest BCUT2D eigenvalue weighted by Gasteiger charge is 2.46. The third-order valence-electron chi connectivity index (χ3n) is 3.59. The van der Waals surface area contributed by atoms with Crippen molar-refractivity contribution < 1.29 is 9.47 Å². The first-order valence-corrected chi connectivity index (χ1v) is 5.77. The van der Waals surface area contributed by atoms with Gasteiger partial charge in [-0.15, -0.1) is 0 Å². The van der Waals surface area contributed by atoms with Crippen molar-refractivity contribution >= 4 is 0 Å². The smallest absolute Gasteiger partial charge is 0.142 e. The molecule has 2 rings (SSSR count). The molecule has 3 N–H and O–H groups in total. The van der Waals surface area contributed by atoms with Crippen LogP contribution in [0.25, 0.3) is 0 Å². The molecule has 1 aromatic rings. The number of nitrogens with one attached hydrogen (secondary N) is 1. The molecule has 1 unspecified atom stereocenters. The lowest BCUT2D eigenvalue weighted by molar-refractivity contribution is -0.101. The summed E-state index contributed by atoms with van der Waals surface area (Å²) < 4.78 is 11.0. The number of nitrogens with two attached hydrogens (primary N) is 1. The molecule has 0 aromatic carbocycles. The number of hydrogen-bond donors (Lipinski definition) is 2. The summed E-state index contributed by atoms with van der Waals surface area (Å²) in [7, 11) is 3.35. The first-order chi connectivity index (χ1) is 8.27. The van der Waals surface area contributed by atoms with Crippen molar-refractivity contribution in [3.05, 3.63) is 24.0 Å². The maximum absolute atomic E-state index is 5.67. The van der Waals surface area contributed by atoms with Crippen molar-refractivity contribution in [3.63, 3.8) is 0 Å². The van der Waals surface area contributed by atoms with Gasteiger partial charge in [-0.1, -0.05) is 0 Å². The highest BCUT2D eigenvalue weighted by molar-refractivity contribution is 5.32. The van der Waals surface area contributed by atoms with E-state index in [2.05, 4.69) is 10.4 Å². The number of ether oxygens (including phenoxy) is 2. The maximum atomic E-state index is 5.67. The molecule has 1 saturated carbocycles. The van der Waals surface area contributed by atoms with Crippen LogP contribution in [0.3, 0.4) is 0 Å². The van der Waals surface area contributed by atoms with Crippen LogP contribution in [0.15, 0.2) is 18.3 Å². The normalized spacial score (nSPS) is 19.5. The Labute approximate surface area is 101 Å². The van der Waals surface area contributed by atoms with Gasteiger partial charge in [-0.05, 0) is 31.4 Å². The Morgan fingerprint density at radius 2 is 2.24 bits per heavy atom. The summed E-state index contributed by atoms with van der Waals surface area (Å²) in [5.74, 6) is 6.41. The number of hydrazine groups is 1. The number of hydrogen-bond acceptors (Lipinski definition) is 5. The van der Waals surface area contributed by atoms with E-state index < -0.39 is 0 Å². The first-order valence-electron chi connectivity index (χ1n) is 5.77. The Hall–Kier alpha value is -1.17. The predicted molar refractivity (Wildman–Crippen MR) is 64.4 cm³/mol. The molecule has 0 aliphatic heterocycles. The van der Waals surface area contributed by atoms with Crippen molar-refractivity contribution in [1.29, 1.82) is 0 Å². The summed E-state index contributed by atoms with van der Waals surface area (Å²) in [5.41, 5.74) is 3.37. The molecular weight excluding hydrogens is 218 g/mol. The zero-order chi connectivity index (χ0) is 12.3. The van der Waals surface area contributed by atoms with Crippen molar-refractivity contribution in [2.45, 2.75) is 30.9 Å². The Balaban J connectivity index is 2.34. The highest BCUT2D eigenvalue weighted by atomic mass is 16.5. The lowest BCUT2D eigenvalue weighted by atomic mass is 9.73. The molecular formula is C12H19N3O2. The fraction of sp³-hybridized carbons (Fsp3) is 0.583. The quantitative estimate of drug-likeness (QED) is 0.594. The third kappa shape index (κ3) is 2.01. The average Bonchev–Trinajstić information content (AvgIpc) is 2.33. The minimum atomic E-state index is -0.254. The van der Waals surface area contributed by atoms with Crippen LogP contribution in [-0.4, -0.2) is 24.8 Å². The van der Waals surface area contributed by atoms with E-state index in [1.807, 2.05) is 12.1 Å². The summed E-state index contributed by atoms with van der Waals surface area (Å²) in [5, 5.41) is 0. The van der Waals surface area contributed by atoms with E-state index in [0.29, 0.717) is 0 Å². The zero-order valence-electron chi connectivity index (χ0n) is 10.3. The van der Waals surface area contributed by atoms with Crippen molar-refractivity contribution in [1.82, 2.24) is 10.4 Å². The summed E-state index contributed by atoms with van der Waals surface area (Å²) in [6.45, 7) is 0. The number of rotatable bonds is 5. The molecule has 5 heteroatoms. The zero-order valence-corrected chi connectivity index (χ0v) is 10.3. The van der Waals surface area contributed by atoms with Gasteiger partial charge in [0.25, 0.3) is 0 Å². The van der Waals surface area contributed by atoms with E-state index in [1.54, 1.807) is 20.4 Å². The number of nitrogens with zero attached hydrogens (tertiary/aromatic N) is 1. The molecule has 0 bridgehead atoms. The predicted octanol–water partition coefficient (Wildman–Crippen LogP) is 1.16. The second kappa shape index (κ2) is 5.00. The van der Waals surface area contributed by atoms with Crippen molar-refractivity contribution in [2.75, 3.05) is 14.2 Å². The van der Waals surface area contributed by atoms with Crippen molar-refractivity contribution in [3.8, 4) is 5.75 Å². The minimum absolute atomic E-state index is 0.141. The molecule has 1 aromatic heterocycles. The number of methoxy groups -OCH3 is 2. The van der Waals surface area contributed by atoms with Crippen LogP contribution in [0.4, 0.5) is 0 Å². The molecule has 1 heterocycles. The molecule has 94 valence electrons. The monoisotopic (exact) mass is 237 g/mol. The summed E-state index contributed by atoms with van der Waals surface area (Å²) in [4.78, 5) is 4.37. The van der Waals surface area contributed by atoms with E-state index in [0.717, 1.165) is 30.7 Å². The second-order valence-electron chi connectivity index (χ2n) is 4.31. The summed E-state index contributed by atoms with van der Waals surface area (Å²) in [6.07, 6.45) is 4.86. The van der Waals surface area contributed by atoms with Gasteiger partial charge in [-0.25, -0.2) is 5.43 Å². The molecule has 17 heavy (non-hydrogen) atoms. The largest absolute Gasteiger partial charge is 0.495 e. The lowest BCUT2D eigenvalue weighted by Crippen LogP contribution is -2.52. The van der Waals surface area contributed by atoms with Crippen LogP contribution in [0, 0.1) is 0 Å². The Morgan fingerprint density at radius 1 is 1.47 bits per heavy atom. The van der Waals surface area contributed by atoms with E-state index >= 15 is 0 Å². The van der Waals surface area contributed by atoms with E-state index in [-0.39, 0.29) is 11.6 Å². The van der Waals surface area contributed by atoms with E-state index in [9.17, 15) is 0 Å². The van der Waals surface area contributed by atoms with Crippen LogP contribution in [-0.2, 0) is 4.74 Å². The van der Waals surface area contributed by atoms with Gasteiger partial charge in [0.1, 0.15) is 11.4 Å². The van der Waals surface area contributed by atoms with Gasteiger partial charge in [0.05, 0.1) is 18.8 Å². The van der Waals surface area contributed by atoms with Gasteiger partial charge >= 0.3 is 0 Å². The van der Waals surface area contributed by atoms with Crippen LogP contribution in [0.5, 0.6) is 5.75 Å². The van der Waals surface area contributed by atoms with Gasteiger partial charge in [0.15, 0.2) is 0 Å². The van der Waals surface area contributed by atoms with Gasteiger partial charge in [0.2, 0.25) is 0 Å². The molecule has 0 spiro atoms. The van der Waals surface area contributed by atoms with E-state index in [4.69, 9.17) is 15.3 Å². The highest BCUT2D eigenvalue weighted by Crippen LogP contribution is 2.45. The molecule has 1 fully saturated rings. The second-order valence-corrected chi connectivity index (χ2v) is 4.31. The number of aromatic nitrogens is 1. The van der Waals surface area contributed by atoms with Crippen molar-refractivity contribution in [2.24, 2.45) is 5.84 Å². The van der Waals surface area contributed by atoms with Gasteiger partial charge in [-0.3, -0.25) is 10.8 Å². The van der Waals surface area contributed by atoms with Crippen LogP contribution in [0.1, 0.15) is 31.0 Å². The summed E-state index contributed by atoms with van der Waals surface area (Å²) >= 11 is 0. The average molecular weight is 237 g/mol.